The summed E-state index contributed by atoms with van der Waals surface area (Å²) in [7, 11) is 0. The molecule has 0 heterocycles. The minimum absolute atomic E-state index is 0.0470. The van der Waals surface area contributed by atoms with Crippen molar-refractivity contribution in [3.63, 3.8) is 0 Å². The van der Waals surface area contributed by atoms with Crippen molar-refractivity contribution >= 4 is 29.1 Å². The summed E-state index contributed by atoms with van der Waals surface area (Å²) in [5.74, 6) is 0.196. The number of hydrazine groups is 1. The first-order chi connectivity index (χ1) is 13.8. The lowest BCUT2D eigenvalue weighted by molar-refractivity contribution is -0.123. The Hall–Kier alpha value is -3.13. The lowest BCUT2D eigenvalue weighted by Gasteiger charge is -2.15. The zero-order chi connectivity index (χ0) is 21.4. The molecular formula is C21H25N3O4S. The van der Waals surface area contributed by atoms with Gasteiger partial charge in [-0.25, -0.2) is 0 Å². The van der Waals surface area contributed by atoms with Gasteiger partial charge in [0, 0.05) is 0 Å². The SMILES string of the molecule is Cc1ccc(OCC(=O)NNC(=S)NC(=O)c2ccccc2OC(C)C)c(C)c1. The summed E-state index contributed by atoms with van der Waals surface area (Å²) in [6.07, 6.45) is -0.0783. The van der Waals surface area contributed by atoms with Gasteiger partial charge in [0.05, 0.1) is 11.7 Å². The fraction of sp³-hybridized carbons (Fsp3) is 0.286. The molecule has 0 bridgehead atoms. The second kappa shape index (κ2) is 10.4. The number of carbonyl (C=O) groups excluding carboxylic acids is 2. The first kappa shape index (κ1) is 22.2. The lowest BCUT2D eigenvalue weighted by Crippen LogP contribution is -2.49. The maximum absolute atomic E-state index is 12.4. The van der Waals surface area contributed by atoms with Crippen LogP contribution in [0, 0.1) is 13.8 Å². The number of aryl methyl sites for hydroxylation is 2. The Labute approximate surface area is 175 Å². The molecule has 0 saturated heterocycles. The Morgan fingerprint density at radius 2 is 1.76 bits per heavy atom. The van der Waals surface area contributed by atoms with Gasteiger partial charge in [-0.15, -0.1) is 0 Å². The monoisotopic (exact) mass is 415 g/mol. The van der Waals surface area contributed by atoms with Gasteiger partial charge in [0.1, 0.15) is 11.5 Å². The molecule has 0 spiro atoms. The minimum atomic E-state index is -0.445. The summed E-state index contributed by atoms with van der Waals surface area (Å²) < 4.78 is 11.1. The van der Waals surface area contributed by atoms with E-state index in [4.69, 9.17) is 21.7 Å². The van der Waals surface area contributed by atoms with E-state index >= 15 is 0 Å². The molecule has 0 aliphatic heterocycles. The predicted molar refractivity (Wildman–Crippen MR) is 115 cm³/mol. The van der Waals surface area contributed by atoms with Gasteiger partial charge < -0.3 is 9.47 Å². The lowest BCUT2D eigenvalue weighted by atomic mass is 10.1. The van der Waals surface area contributed by atoms with Gasteiger partial charge in [-0.3, -0.25) is 25.8 Å². The third-order valence-electron chi connectivity index (χ3n) is 3.73. The van der Waals surface area contributed by atoms with E-state index in [1.165, 1.54) is 0 Å². The van der Waals surface area contributed by atoms with Crippen LogP contribution in [0.15, 0.2) is 42.5 Å². The van der Waals surface area contributed by atoms with E-state index in [0.717, 1.165) is 11.1 Å². The van der Waals surface area contributed by atoms with Crippen LogP contribution in [0.4, 0.5) is 0 Å². The number of rotatable bonds is 6. The third-order valence-corrected chi connectivity index (χ3v) is 3.93. The highest BCUT2D eigenvalue weighted by Gasteiger charge is 2.14. The maximum atomic E-state index is 12.4. The second-order valence-electron chi connectivity index (χ2n) is 6.68. The van der Waals surface area contributed by atoms with Gasteiger partial charge in [-0.2, -0.15) is 0 Å². The van der Waals surface area contributed by atoms with Crippen LogP contribution in [0.25, 0.3) is 0 Å². The summed E-state index contributed by atoms with van der Waals surface area (Å²) in [5.41, 5.74) is 7.26. The molecule has 0 aliphatic carbocycles. The Morgan fingerprint density at radius 3 is 2.45 bits per heavy atom. The Bertz CT molecular complexity index is 899. The smallest absolute Gasteiger partial charge is 0.276 e. The fourth-order valence-electron chi connectivity index (χ4n) is 2.48. The van der Waals surface area contributed by atoms with Crippen molar-refractivity contribution in [3.05, 3.63) is 59.2 Å². The van der Waals surface area contributed by atoms with Crippen LogP contribution in [0.1, 0.15) is 35.3 Å². The molecule has 8 heteroatoms. The predicted octanol–water partition coefficient (Wildman–Crippen LogP) is 2.81. The highest BCUT2D eigenvalue weighted by atomic mass is 32.1. The van der Waals surface area contributed by atoms with Gasteiger partial charge >= 0.3 is 0 Å². The molecule has 0 radical (unpaired) electrons. The topological polar surface area (TPSA) is 88.7 Å². The van der Waals surface area contributed by atoms with Gasteiger partial charge in [-0.1, -0.05) is 29.8 Å². The van der Waals surface area contributed by atoms with E-state index < -0.39 is 11.8 Å². The highest BCUT2D eigenvalue weighted by molar-refractivity contribution is 7.80. The Morgan fingerprint density at radius 1 is 1.03 bits per heavy atom. The van der Waals surface area contributed by atoms with E-state index in [-0.39, 0.29) is 17.8 Å². The molecule has 0 fully saturated rings. The molecule has 0 atom stereocenters. The van der Waals surface area contributed by atoms with Crippen molar-refractivity contribution in [2.75, 3.05) is 6.61 Å². The number of nitrogens with one attached hydrogen (secondary N) is 3. The van der Waals surface area contributed by atoms with Crippen LogP contribution in [-0.4, -0.2) is 29.6 Å². The van der Waals surface area contributed by atoms with E-state index in [0.29, 0.717) is 17.1 Å². The maximum Gasteiger partial charge on any atom is 0.276 e. The standard InChI is InChI=1S/C21H25N3O4S/c1-13(2)28-18-8-6-5-7-16(18)20(26)22-21(29)24-23-19(25)12-27-17-10-9-14(3)11-15(17)4/h5-11,13H,12H2,1-4H3,(H,23,25)(H2,22,24,26,29). The summed E-state index contributed by atoms with van der Waals surface area (Å²) in [6, 6.07) is 12.5. The number of para-hydroxylation sites is 1. The highest BCUT2D eigenvalue weighted by Crippen LogP contribution is 2.19. The molecule has 0 saturated carbocycles. The molecule has 2 rings (SSSR count). The summed E-state index contributed by atoms with van der Waals surface area (Å²) in [6.45, 7) is 7.44. The molecule has 3 N–H and O–H groups in total. The van der Waals surface area contributed by atoms with Crippen LogP contribution in [0.3, 0.4) is 0 Å². The van der Waals surface area contributed by atoms with Crippen LogP contribution in [0.2, 0.25) is 0 Å². The van der Waals surface area contributed by atoms with Crippen LogP contribution >= 0.6 is 12.2 Å². The molecule has 2 aromatic rings. The molecule has 0 aromatic heterocycles. The zero-order valence-corrected chi connectivity index (χ0v) is 17.7. The second-order valence-corrected chi connectivity index (χ2v) is 7.09. The summed E-state index contributed by atoms with van der Waals surface area (Å²) in [5, 5.41) is 2.45. The molecule has 0 aliphatic rings. The number of benzene rings is 2. The van der Waals surface area contributed by atoms with Crippen LogP contribution < -0.4 is 25.6 Å². The van der Waals surface area contributed by atoms with E-state index in [1.54, 1.807) is 24.3 Å². The van der Waals surface area contributed by atoms with Crippen molar-refractivity contribution in [1.29, 1.82) is 0 Å². The Kier molecular flexibility index (Phi) is 7.97. The average Bonchev–Trinajstić information content (AvgIpc) is 2.65. The van der Waals surface area contributed by atoms with E-state index in [9.17, 15) is 9.59 Å². The first-order valence-electron chi connectivity index (χ1n) is 9.12. The number of thiocarbonyl (C=S) groups is 1. The molecule has 7 nitrogen and oxygen atoms in total. The van der Waals surface area contributed by atoms with Gasteiger partial charge in [0.2, 0.25) is 0 Å². The molecule has 2 aromatic carbocycles. The Balaban J connectivity index is 1.82. The largest absolute Gasteiger partial charge is 0.490 e. The number of hydrogen-bond acceptors (Lipinski definition) is 5. The molecular weight excluding hydrogens is 390 g/mol. The zero-order valence-electron chi connectivity index (χ0n) is 16.9. The first-order valence-corrected chi connectivity index (χ1v) is 9.53. The van der Waals surface area contributed by atoms with Gasteiger partial charge in [0.15, 0.2) is 11.7 Å². The van der Waals surface area contributed by atoms with E-state index in [2.05, 4.69) is 16.2 Å². The number of ether oxygens (including phenoxy) is 2. The third kappa shape index (κ3) is 7.08. The number of carbonyl (C=O) groups is 2. The van der Waals surface area contributed by atoms with Crippen molar-refractivity contribution in [2.45, 2.75) is 33.8 Å². The van der Waals surface area contributed by atoms with Gasteiger partial charge in [-0.05, 0) is 63.7 Å². The number of hydrogen-bond donors (Lipinski definition) is 3. The average molecular weight is 416 g/mol. The molecule has 29 heavy (non-hydrogen) atoms. The molecule has 154 valence electrons. The fourth-order valence-corrected chi connectivity index (χ4v) is 2.62. The minimum Gasteiger partial charge on any atom is -0.490 e. The summed E-state index contributed by atoms with van der Waals surface area (Å²) in [4.78, 5) is 24.4. The number of amides is 2. The van der Waals surface area contributed by atoms with E-state index in [1.807, 2.05) is 45.9 Å². The normalized spacial score (nSPS) is 10.2. The van der Waals surface area contributed by atoms with Crippen LogP contribution in [0.5, 0.6) is 11.5 Å². The van der Waals surface area contributed by atoms with Crippen molar-refractivity contribution in [1.82, 2.24) is 16.2 Å². The van der Waals surface area contributed by atoms with Gasteiger partial charge in [0.25, 0.3) is 11.8 Å². The van der Waals surface area contributed by atoms with Crippen molar-refractivity contribution in [3.8, 4) is 11.5 Å². The molecule has 2 amide bonds. The summed E-state index contributed by atoms with van der Waals surface area (Å²) >= 11 is 5.05. The quantitative estimate of drug-likeness (QED) is 0.497. The van der Waals surface area contributed by atoms with Crippen LogP contribution in [-0.2, 0) is 4.79 Å². The van der Waals surface area contributed by atoms with Crippen molar-refractivity contribution < 1.29 is 19.1 Å². The van der Waals surface area contributed by atoms with Crippen molar-refractivity contribution in [2.24, 2.45) is 0 Å². The molecule has 0 unspecified atom stereocenters.